The van der Waals surface area contributed by atoms with E-state index >= 15 is 0 Å². The van der Waals surface area contributed by atoms with Crippen LogP contribution in [0, 0.1) is 0 Å². The van der Waals surface area contributed by atoms with Crippen LogP contribution in [-0.4, -0.2) is 111 Å². The lowest BCUT2D eigenvalue weighted by molar-refractivity contribution is -0.903. The lowest BCUT2D eigenvalue weighted by Crippen LogP contribution is -2.53. The van der Waals surface area contributed by atoms with Crippen LogP contribution in [0.4, 0.5) is 0 Å². The Labute approximate surface area is 247 Å². The van der Waals surface area contributed by atoms with Gasteiger partial charge < -0.3 is 29.8 Å². The summed E-state index contributed by atoms with van der Waals surface area (Å²) >= 11 is 0. The fourth-order valence-corrected chi connectivity index (χ4v) is 5.43. The van der Waals surface area contributed by atoms with Crippen molar-refractivity contribution in [3.63, 3.8) is 0 Å². The predicted molar refractivity (Wildman–Crippen MR) is 167 cm³/mol. The second-order valence-corrected chi connectivity index (χ2v) is 12.5. The Morgan fingerprint density at radius 1 is 0.500 bits per heavy atom. The Morgan fingerprint density at radius 3 is 1.18 bits per heavy atom. The molecular formula is C32H68N4O4+2. The number of carbonyl (C=O) groups excluding carboxylic acids is 2. The number of hydrogen-bond acceptors (Lipinski definition) is 4. The monoisotopic (exact) mass is 573 g/mol. The standard InChI is InChI=1S/C32H66N4O4/c1-5-7-9-11-13-17-21-33-31(39)29-35(3,25-27-37)23-19-15-16-20-24-36(4,26-28-38)30-32(40)34-22-18-14-12-10-8-6-2/h37-38H,5-30H2,1-4H3/p+2. The molecule has 0 heterocycles. The summed E-state index contributed by atoms with van der Waals surface area (Å²) in [6, 6.07) is 0. The first-order valence-corrected chi connectivity index (χ1v) is 16.7. The average Bonchev–Trinajstić information content (AvgIpc) is 2.89. The van der Waals surface area contributed by atoms with Crippen LogP contribution in [0.2, 0.25) is 0 Å². The number of quaternary nitrogens is 2. The molecule has 0 bridgehead atoms. The number of nitrogens with zero attached hydrogens (tertiary/aromatic N) is 2. The molecule has 0 rings (SSSR count). The number of rotatable bonds is 29. The molecule has 8 heteroatoms. The normalized spacial score (nSPS) is 14.4. The number of nitrogens with one attached hydrogen (secondary N) is 2. The van der Waals surface area contributed by atoms with Gasteiger partial charge in [-0.3, -0.25) is 9.59 Å². The summed E-state index contributed by atoms with van der Waals surface area (Å²) in [5, 5.41) is 25.3. The molecule has 0 fully saturated rings. The first-order chi connectivity index (χ1) is 19.2. The quantitative estimate of drug-likeness (QED) is 0.0790. The Bertz CT molecular complexity index is 570. The van der Waals surface area contributed by atoms with Crippen molar-refractivity contribution < 1.29 is 28.8 Å². The maximum atomic E-state index is 12.5. The number of unbranched alkanes of at least 4 members (excludes halogenated alkanes) is 13. The lowest BCUT2D eigenvalue weighted by Gasteiger charge is -2.34. The van der Waals surface area contributed by atoms with Crippen molar-refractivity contribution >= 4 is 11.8 Å². The van der Waals surface area contributed by atoms with Crippen molar-refractivity contribution in [3.05, 3.63) is 0 Å². The Hall–Kier alpha value is -1.22. The third-order valence-electron chi connectivity index (χ3n) is 8.18. The highest BCUT2D eigenvalue weighted by molar-refractivity contribution is 5.77. The Kier molecular flexibility index (Phi) is 24.7. The Balaban J connectivity index is 4.27. The minimum Gasteiger partial charge on any atom is -0.391 e. The van der Waals surface area contributed by atoms with Crippen LogP contribution in [-0.2, 0) is 9.59 Å². The second-order valence-electron chi connectivity index (χ2n) is 12.5. The van der Waals surface area contributed by atoms with Gasteiger partial charge in [-0.1, -0.05) is 78.1 Å². The van der Waals surface area contributed by atoms with Crippen molar-refractivity contribution in [2.24, 2.45) is 0 Å². The highest BCUT2D eigenvalue weighted by Gasteiger charge is 2.26. The van der Waals surface area contributed by atoms with E-state index in [1.807, 2.05) is 0 Å². The first kappa shape index (κ1) is 38.8. The van der Waals surface area contributed by atoms with Crippen LogP contribution in [0.5, 0.6) is 0 Å². The highest BCUT2D eigenvalue weighted by atomic mass is 16.3. The summed E-state index contributed by atoms with van der Waals surface area (Å²) < 4.78 is 1.13. The molecule has 0 radical (unpaired) electrons. The molecule has 0 spiro atoms. The summed E-state index contributed by atoms with van der Waals surface area (Å²) in [5.41, 5.74) is 0. The van der Waals surface area contributed by atoms with Crippen molar-refractivity contribution in [2.75, 3.05) is 79.7 Å². The van der Waals surface area contributed by atoms with E-state index < -0.39 is 0 Å². The molecular weight excluding hydrogens is 504 g/mol. The van der Waals surface area contributed by atoms with Gasteiger partial charge in [0, 0.05) is 13.1 Å². The van der Waals surface area contributed by atoms with E-state index in [2.05, 4.69) is 38.6 Å². The molecule has 8 nitrogen and oxygen atoms in total. The summed E-state index contributed by atoms with van der Waals surface area (Å²) in [6.07, 6.45) is 18.7. The molecule has 238 valence electrons. The molecule has 0 saturated carbocycles. The van der Waals surface area contributed by atoms with E-state index in [9.17, 15) is 19.8 Å². The third-order valence-corrected chi connectivity index (χ3v) is 8.18. The predicted octanol–water partition coefficient (Wildman–Crippen LogP) is 4.38. The topological polar surface area (TPSA) is 98.7 Å². The molecule has 0 aliphatic carbocycles. The van der Waals surface area contributed by atoms with E-state index in [-0.39, 0.29) is 25.0 Å². The maximum absolute atomic E-state index is 12.5. The number of aliphatic hydroxyl groups excluding tert-OH is 2. The van der Waals surface area contributed by atoms with Crippen molar-refractivity contribution in [2.45, 2.75) is 117 Å². The number of aliphatic hydroxyl groups is 2. The number of hydrogen-bond donors (Lipinski definition) is 4. The van der Waals surface area contributed by atoms with Gasteiger partial charge in [0.25, 0.3) is 11.8 Å². The van der Waals surface area contributed by atoms with Crippen molar-refractivity contribution in [1.82, 2.24) is 10.6 Å². The van der Waals surface area contributed by atoms with Crippen LogP contribution < -0.4 is 10.6 Å². The summed E-state index contributed by atoms with van der Waals surface area (Å²) in [4.78, 5) is 25.1. The SMILES string of the molecule is CCCCCCCCNC(=O)C[N+](C)(CCO)CCCCCC[N+](C)(CCO)CC(=O)NCCCCCCCC. The fraction of sp³-hybridized carbons (Fsp3) is 0.938. The average molecular weight is 573 g/mol. The van der Waals surface area contributed by atoms with E-state index in [4.69, 9.17) is 0 Å². The summed E-state index contributed by atoms with van der Waals surface area (Å²) in [5.74, 6) is 0.160. The summed E-state index contributed by atoms with van der Waals surface area (Å²) in [7, 11) is 4.14. The van der Waals surface area contributed by atoms with Gasteiger partial charge in [-0.05, 0) is 38.5 Å². The van der Waals surface area contributed by atoms with Gasteiger partial charge in [-0.25, -0.2) is 0 Å². The van der Waals surface area contributed by atoms with Crippen LogP contribution >= 0.6 is 0 Å². The molecule has 0 aromatic heterocycles. The van der Waals surface area contributed by atoms with Crippen molar-refractivity contribution in [1.29, 1.82) is 0 Å². The van der Waals surface area contributed by atoms with Gasteiger partial charge in [-0.2, -0.15) is 0 Å². The molecule has 0 saturated heterocycles. The zero-order valence-electron chi connectivity index (χ0n) is 27.0. The van der Waals surface area contributed by atoms with Crippen LogP contribution in [0.25, 0.3) is 0 Å². The molecule has 0 aromatic rings. The fourth-order valence-electron chi connectivity index (χ4n) is 5.43. The van der Waals surface area contributed by atoms with E-state index in [1.165, 1.54) is 64.2 Å². The second kappa shape index (κ2) is 25.5. The largest absolute Gasteiger partial charge is 0.391 e. The number of likely N-dealkylation sites (N-methyl/N-ethyl adjacent to an activating group) is 2. The molecule has 40 heavy (non-hydrogen) atoms. The van der Waals surface area contributed by atoms with Gasteiger partial charge in [0.05, 0.1) is 40.4 Å². The van der Waals surface area contributed by atoms with Crippen LogP contribution in [0.15, 0.2) is 0 Å². The maximum Gasteiger partial charge on any atom is 0.275 e. The number of amides is 2. The molecule has 0 aromatic carbocycles. The van der Waals surface area contributed by atoms with Gasteiger partial charge in [0.15, 0.2) is 13.1 Å². The third kappa shape index (κ3) is 22.5. The number of carbonyl (C=O) groups is 2. The van der Waals surface area contributed by atoms with Crippen LogP contribution in [0.3, 0.4) is 0 Å². The summed E-state index contributed by atoms with van der Waals surface area (Å²) in [6.45, 7) is 9.83. The zero-order valence-corrected chi connectivity index (χ0v) is 27.0. The smallest absolute Gasteiger partial charge is 0.275 e. The molecule has 4 N–H and O–H groups in total. The lowest BCUT2D eigenvalue weighted by atomic mass is 10.1. The first-order valence-electron chi connectivity index (χ1n) is 16.7. The molecule has 2 unspecified atom stereocenters. The molecule has 2 atom stereocenters. The molecule has 0 aliphatic rings. The van der Waals surface area contributed by atoms with Gasteiger partial charge in [-0.15, -0.1) is 0 Å². The molecule has 0 aliphatic heterocycles. The zero-order chi connectivity index (χ0) is 30.0. The van der Waals surface area contributed by atoms with Gasteiger partial charge >= 0.3 is 0 Å². The van der Waals surface area contributed by atoms with Gasteiger partial charge in [0.2, 0.25) is 0 Å². The Morgan fingerprint density at radius 2 is 0.825 bits per heavy atom. The van der Waals surface area contributed by atoms with Gasteiger partial charge in [0.1, 0.15) is 13.1 Å². The van der Waals surface area contributed by atoms with Crippen LogP contribution in [0.1, 0.15) is 117 Å². The van der Waals surface area contributed by atoms with E-state index in [0.717, 1.165) is 64.7 Å². The van der Waals surface area contributed by atoms with Crippen molar-refractivity contribution in [3.8, 4) is 0 Å². The van der Waals surface area contributed by atoms with E-state index in [0.29, 0.717) is 35.1 Å². The minimum atomic E-state index is 0.0800. The molecule has 2 amide bonds. The highest BCUT2D eigenvalue weighted by Crippen LogP contribution is 2.12. The van der Waals surface area contributed by atoms with E-state index in [1.54, 1.807) is 0 Å². The minimum absolute atomic E-state index is 0.0800.